The fourth-order valence-electron chi connectivity index (χ4n) is 2.23. The smallest absolute Gasteiger partial charge is 0.416 e. The summed E-state index contributed by atoms with van der Waals surface area (Å²) in [6.07, 6.45) is -4.35. The Morgan fingerprint density at radius 2 is 1.76 bits per heavy atom. The van der Waals surface area contributed by atoms with E-state index in [9.17, 15) is 18.3 Å². The highest BCUT2D eigenvalue weighted by Crippen LogP contribution is 2.32. The molecule has 0 aliphatic heterocycles. The van der Waals surface area contributed by atoms with Gasteiger partial charge in [0.1, 0.15) is 17.4 Å². The number of para-hydroxylation sites is 1. The highest BCUT2D eigenvalue weighted by atomic mass is 32.1. The summed E-state index contributed by atoms with van der Waals surface area (Å²) >= 11 is 1.34. The normalized spacial score (nSPS) is 11.5. The molecule has 0 amide bonds. The summed E-state index contributed by atoms with van der Waals surface area (Å²) in [5.74, 6) is 0.578. The average Bonchev–Trinajstić information content (AvgIpc) is 3.08. The fourth-order valence-corrected chi connectivity index (χ4v) is 3.05. The number of benzene rings is 2. The molecule has 25 heavy (non-hydrogen) atoms. The van der Waals surface area contributed by atoms with Crippen LogP contribution in [0.15, 0.2) is 53.9 Å². The number of hydrogen-bond donors (Lipinski definition) is 1. The lowest BCUT2D eigenvalue weighted by atomic mass is 10.1. The molecule has 130 valence electrons. The molecule has 0 saturated heterocycles. The summed E-state index contributed by atoms with van der Waals surface area (Å²) < 4.78 is 43.5. The number of alkyl halides is 3. The SMILES string of the molecule is OCc1ccccc1OCc1csc(-c2ccc(C(F)(F)F)cc2)n1. The molecule has 1 N–H and O–H groups in total. The Kier molecular flexibility index (Phi) is 5.06. The molecule has 7 heteroatoms. The van der Waals surface area contributed by atoms with Crippen LogP contribution in [0.2, 0.25) is 0 Å². The van der Waals surface area contributed by atoms with Crippen molar-refractivity contribution >= 4 is 11.3 Å². The van der Waals surface area contributed by atoms with Crippen molar-refractivity contribution in [3.05, 3.63) is 70.7 Å². The van der Waals surface area contributed by atoms with E-state index < -0.39 is 11.7 Å². The van der Waals surface area contributed by atoms with E-state index in [1.165, 1.54) is 23.5 Å². The van der Waals surface area contributed by atoms with Crippen molar-refractivity contribution in [2.24, 2.45) is 0 Å². The Bertz CT molecular complexity index is 844. The number of thiazole rings is 1. The third kappa shape index (κ3) is 4.18. The summed E-state index contributed by atoms with van der Waals surface area (Å²) in [6.45, 7) is 0.0954. The molecule has 0 aliphatic rings. The second-order valence-electron chi connectivity index (χ2n) is 5.27. The van der Waals surface area contributed by atoms with Crippen molar-refractivity contribution in [3.8, 4) is 16.3 Å². The highest BCUT2D eigenvalue weighted by molar-refractivity contribution is 7.13. The first kappa shape index (κ1) is 17.4. The number of halogens is 3. The van der Waals surface area contributed by atoms with Crippen LogP contribution in [0.5, 0.6) is 5.75 Å². The lowest BCUT2D eigenvalue weighted by Gasteiger charge is -2.08. The Balaban J connectivity index is 1.70. The number of aromatic nitrogens is 1. The number of hydrogen-bond acceptors (Lipinski definition) is 4. The van der Waals surface area contributed by atoms with Crippen LogP contribution in [0.3, 0.4) is 0 Å². The minimum Gasteiger partial charge on any atom is -0.487 e. The van der Waals surface area contributed by atoms with Crippen LogP contribution in [-0.4, -0.2) is 10.1 Å². The molecule has 3 aromatic rings. The van der Waals surface area contributed by atoms with Crippen LogP contribution in [-0.2, 0) is 19.4 Å². The van der Waals surface area contributed by atoms with Gasteiger partial charge in [-0.05, 0) is 18.2 Å². The maximum absolute atomic E-state index is 12.6. The van der Waals surface area contributed by atoms with Crippen molar-refractivity contribution in [1.82, 2.24) is 4.98 Å². The number of aliphatic hydroxyl groups excluding tert-OH is 1. The standard InChI is InChI=1S/C18H14F3NO2S/c19-18(20,21)14-7-5-12(6-8-14)17-22-15(11-25-17)10-24-16-4-2-1-3-13(16)9-23/h1-8,11,23H,9-10H2. The monoisotopic (exact) mass is 365 g/mol. The van der Waals surface area contributed by atoms with Crippen LogP contribution in [0, 0.1) is 0 Å². The van der Waals surface area contributed by atoms with Gasteiger partial charge >= 0.3 is 6.18 Å². The quantitative estimate of drug-likeness (QED) is 0.699. The third-order valence-electron chi connectivity index (χ3n) is 3.53. The van der Waals surface area contributed by atoms with E-state index in [0.717, 1.165) is 12.1 Å². The summed E-state index contributed by atoms with van der Waals surface area (Å²) in [7, 11) is 0. The van der Waals surface area contributed by atoms with E-state index in [1.54, 1.807) is 17.5 Å². The first-order chi connectivity index (χ1) is 12.0. The van der Waals surface area contributed by atoms with Crippen molar-refractivity contribution in [3.63, 3.8) is 0 Å². The maximum atomic E-state index is 12.6. The Hall–Kier alpha value is -2.38. The van der Waals surface area contributed by atoms with E-state index in [2.05, 4.69) is 4.98 Å². The van der Waals surface area contributed by atoms with Crippen LogP contribution >= 0.6 is 11.3 Å². The van der Waals surface area contributed by atoms with E-state index in [1.807, 2.05) is 12.1 Å². The maximum Gasteiger partial charge on any atom is 0.416 e. The molecular weight excluding hydrogens is 351 g/mol. The van der Waals surface area contributed by atoms with Gasteiger partial charge in [-0.2, -0.15) is 13.2 Å². The Labute approximate surface area is 146 Å². The predicted octanol–water partition coefficient (Wildman–Crippen LogP) is 4.90. The number of nitrogens with zero attached hydrogens (tertiary/aromatic N) is 1. The van der Waals surface area contributed by atoms with Gasteiger partial charge in [-0.1, -0.05) is 30.3 Å². The van der Waals surface area contributed by atoms with Gasteiger partial charge in [0, 0.05) is 16.5 Å². The van der Waals surface area contributed by atoms with Crippen molar-refractivity contribution < 1.29 is 23.0 Å². The van der Waals surface area contributed by atoms with Crippen LogP contribution in [0.4, 0.5) is 13.2 Å². The van der Waals surface area contributed by atoms with Gasteiger partial charge in [0.25, 0.3) is 0 Å². The lowest BCUT2D eigenvalue weighted by molar-refractivity contribution is -0.137. The molecule has 3 nitrogen and oxygen atoms in total. The molecule has 0 radical (unpaired) electrons. The van der Waals surface area contributed by atoms with Gasteiger partial charge in [0.2, 0.25) is 0 Å². The third-order valence-corrected chi connectivity index (χ3v) is 4.47. The minimum absolute atomic E-state index is 0.121. The first-order valence-corrected chi connectivity index (χ1v) is 8.29. The first-order valence-electron chi connectivity index (χ1n) is 7.41. The van der Waals surface area contributed by atoms with Gasteiger partial charge in [0.15, 0.2) is 0 Å². The molecule has 0 saturated carbocycles. The second kappa shape index (κ2) is 7.25. The van der Waals surface area contributed by atoms with Gasteiger partial charge in [0.05, 0.1) is 17.9 Å². The van der Waals surface area contributed by atoms with E-state index >= 15 is 0 Å². The summed E-state index contributed by atoms with van der Waals surface area (Å²) in [5, 5.41) is 11.7. The zero-order valence-electron chi connectivity index (χ0n) is 13.0. The highest BCUT2D eigenvalue weighted by Gasteiger charge is 2.30. The molecule has 0 atom stereocenters. The van der Waals surface area contributed by atoms with E-state index in [-0.39, 0.29) is 13.2 Å². The molecule has 2 aromatic carbocycles. The second-order valence-corrected chi connectivity index (χ2v) is 6.13. The number of rotatable bonds is 5. The van der Waals surface area contributed by atoms with Crippen molar-refractivity contribution in [2.45, 2.75) is 19.4 Å². The van der Waals surface area contributed by atoms with Gasteiger partial charge in [-0.25, -0.2) is 4.98 Å². The topological polar surface area (TPSA) is 42.4 Å². The summed E-state index contributed by atoms with van der Waals surface area (Å²) in [5.41, 5.74) is 1.30. The summed E-state index contributed by atoms with van der Waals surface area (Å²) in [6, 6.07) is 12.1. The predicted molar refractivity (Wildman–Crippen MR) is 89.2 cm³/mol. The summed E-state index contributed by atoms with van der Waals surface area (Å²) in [4.78, 5) is 4.39. The van der Waals surface area contributed by atoms with Crippen molar-refractivity contribution in [2.75, 3.05) is 0 Å². The number of ether oxygens (including phenoxy) is 1. The molecule has 0 spiro atoms. The minimum atomic E-state index is -4.35. The van der Waals surface area contributed by atoms with Crippen LogP contribution < -0.4 is 4.74 Å². The zero-order valence-corrected chi connectivity index (χ0v) is 13.8. The largest absolute Gasteiger partial charge is 0.487 e. The fraction of sp³-hybridized carbons (Fsp3) is 0.167. The molecule has 0 aliphatic carbocycles. The van der Waals surface area contributed by atoms with Gasteiger partial charge in [-0.3, -0.25) is 0 Å². The van der Waals surface area contributed by atoms with Crippen LogP contribution in [0.1, 0.15) is 16.8 Å². The Morgan fingerprint density at radius 3 is 2.44 bits per heavy atom. The molecule has 0 unspecified atom stereocenters. The molecule has 1 heterocycles. The van der Waals surface area contributed by atoms with Crippen molar-refractivity contribution in [1.29, 1.82) is 0 Å². The number of aliphatic hydroxyl groups is 1. The molecule has 1 aromatic heterocycles. The zero-order chi connectivity index (χ0) is 17.9. The molecule has 0 fully saturated rings. The van der Waals surface area contributed by atoms with Gasteiger partial charge < -0.3 is 9.84 Å². The Morgan fingerprint density at radius 1 is 1.04 bits per heavy atom. The molecule has 3 rings (SSSR count). The van der Waals surface area contributed by atoms with E-state index in [4.69, 9.17) is 4.74 Å². The van der Waals surface area contributed by atoms with E-state index in [0.29, 0.717) is 27.6 Å². The average molecular weight is 365 g/mol. The molecule has 0 bridgehead atoms. The lowest BCUT2D eigenvalue weighted by Crippen LogP contribution is -2.04. The van der Waals surface area contributed by atoms with Crippen LogP contribution in [0.25, 0.3) is 10.6 Å². The van der Waals surface area contributed by atoms with Gasteiger partial charge in [-0.15, -0.1) is 11.3 Å². The molecular formula is C18H14F3NO2S.